The van der Waals surface area contributed by atoms with Gasteiger partial charge < -0.3 is 20.3 Å². The minimum atomic E-state index is -0.641. The van der Waals surface area contributed by atoms with E-state index in [0.717, 1.165) is 0 Å². The fraction of sp³-hybridized carbons (Fsp3) is 0.538. The highest BCUT2D eigenvalue weighted by Gasteiger charge is 2.14. The average molecular weight is 257 g/mol. The highest BCUT2D eigenvalue weighted by Crippen LogP contribution is 2.30. The summed E-state index contributed by atoms with van der Waals surface area (Å²) >= 11 is 0. The van der Waals surface area contributed by atoms with Gasteiger partial charge in [0.05, 0.1) is 20.3 Å². The second-order valence-electron chi connectivity index (χ2n) is 4.26. The van der Waals surface area contributed by atoms with Crippen molar-refractivity contribution >= 4 is 0 Å². The minimum absolute atomic E-state index is 0.326. The van der Waals surface area contributed by atoms with Crippen molar-refractivity contribution in [2.75, 3.05) is 14.2 Å². The van der Waals surface area contributed by atoms with Gasteiger partial charge in [0, 0.05) is 12.1 Å². The summed E-state index contributed by atoms with van der Waals surface area (Å²) in [5.74, 6) is 0.459. The van der Waals surface area contributed by atoms with Crippen LogP contribution in [0.4, 0.5) is 4.39 Å². The number of aliphatic hydroxyl groups is 1. The maximum Gasteiger partial charge on any atom is 0.163 e. The Hall–Kier alpha value is -1.33. The lowest BCUT2D eigenvalue weighted by molar-refractivity contribution is 0.141. The van der Waals surface area contributed by atoms with E-state index in [2.05, 4.69) is 0 Å². The van der Waals surface area contributed by atoms with E-state index in [1.54, 1.807) is 13.0 Å². The van der Waals surface area contributed by atoms with Gasteiger partial charge in [0.1, 0.15) is 5.82 Å². The molecule has 0 spiro atoms. The Labute approximate surface area is 107 Å². The summed E-state index contributed by atoms with van der Waals surface area (Å²) < 4.78 is 23.9. The molecule has 0 fully saturated rings. The van der Waals surface area contributed by atoms with Crippen molar-refractivity contribution < 1.29 is 19.0 Å². The van der Waals surface area contributed by atoms with Crippen LogP contribution >= 0.6 is 0 Å². The fourth-order valence-electron chi connectivity index (χ4n) is 1.65. The van der Waals surface area contributed by atoms with E-state index in [0.29, 0.717) is 29.9 Å². The van der Waals surface area contributed by atoms with Crippen molar-refractivity contribution in [2.45, 2.75) is 31.9 Å². The van der Waals surface area contributed by atoms with Crippen LogP contribution in [0.5, 0.6) is 11.5 Å². The van der Waals surface area contributed by atoms with Gasteiger partial charge in [0.15, 0.2) is 11.5 Å². The van der Waals surface area contributed by atoms with Gasteiger partial charge in [-0.2, -0.15) is 0 Å². The van der Waals surface area contributed by atoms with Gasteiger partial charge in [-0.3, -0.25) is 0 Å². The molecule has 102 valence electrons. The topological polar surface area (TPSA) is 64.7 Å². The van der Waals surface area contributed by atoms with E-state index in [4.69, 9.17) is 15.2 Å². The van der Waals surface area contributed by atoms with Crippen LogP contribution in [0, 0.1) is 5.82 Å². The van der Waals surface area contributed by atoms with Gasteiger partial charge in [-0.1, -0.05) is 0 Å². The second kappa shape index (κ2) is 6.56. The van der Waals surface area contributed by atoms with Crippen LogP contribution in [0.3, 0.4) is 0 Å². The Morgan fingerprint density at radius 2 is 1.83 bits per heavy atom. The van der Waals surface area contributed by atoms with E-state index < -0.39 is 6.10 Å². The summed E-state index contributed by atoms with van der Waals surface area (Å²) in [6.45, 7) is 1.72. The third-order valence-electron chi connectivity index (χ3n) is 2.87. The van der Waals surface area contributed by atoms with Crippen molar-refractivity contribution in [3.05, 3.63) is 23.5 Å². The van der Waals surface area contributed by atoms with Crippen molar-refractivity contribution in [3.63, 3.8) is 0 Å². The number of methoxy groups -OCH3 is 2. The fourth-order valence-corrected chi connectivity index (χ4v) is 1.65. The monoisotopic (exact) mass is 257 g/mol. The third-order valence-corrected chi connectivity index (χ3v) is 2.87. The number of aryl methyl sites for hydroxylation is 1. The molecule has 0 heterocycles. The molecule has 0 aliphatic heterocycles. The molecular weight excluding hydrogens is 237 g/mol. The molecule has 1 aromatic carbocycles. The highest BCUT2D eigenvalue weighted by atomic mass is 19.1. The molecule has 1 aromatic rings. The molecule has 0 bridgehead atoms. The first kappa shape index (κ1) is 14.7. The Balaban J connectivity index is 2.83. The molecule has 0 radical (unpaired) electrons. The van der Waals surface area contributed by atoms with Crippen LogP contribution in [-0.4, -0.2) is 31.5 Å². The number of rotatable bonds is 6. The quantitative estimate of drug-likeness (QED) is 0.810. The standard InChI is InChI=1S/C13H20FNO3/c1-8(15)11(16)5-4-9-6-12(17-2)13(18-3)7-10(9)14/h6-8,11,16H,4-5,15H2,1-3H3. The van der Waals surface area contributed by atoms with E-state index in [1.807, 2.05) is 0 Å². The number of benzene rings is 1. The molecule has 2 atom stereocenters. The molecule has 0 aliphatic rings. The molecule has 2 unspecified atom stereocenters. The van der Waals surface area contributed by atoms with Crippen LogP contribution in [0.15, 0.2) is 12.1 Å². The molecule has 0 saturated carbocycles. The number of ether oxygens (including phenoxy) is 2. The van der Waals surface area contributed by atoms with Gasteiger partial charge in [-0.25, -0.2) is 4.39 Å². The first-order valence-corrected chi connectivity index (χ1v) is 5.83. The predicted molar refractivity (Wildman–Crippen MR) is 67.5 cm³/mol. The van der Waals surface area contributed by atoms with Gasteiger partial charge in [0.2, 0.25) is 0 Å². The highest BCUT2D eigenvalue weighted by molar-refractivity contribution is 5.43. The molecule has 0 aliphatic carbocycles. The van der Waals surface area contributed by atoms with Gasteiger partial charge in [0.25, 0.3) is 0 Å². The van der Waals surface area contributed by atoms with Crippen molar-refractivity contribution in [2.24, 2.45) is 5.73 Å². The third kappa shape index (κ3) is 3.58. The van der Waals surface area contributed by atoms with E-state index in [-0.39, 0.29) is 11.9 Å². The summed E-state index contributed by atoms with van der Waals surface area (Å²) in [7, 11) is 2.95. The number of halogens is 1. The second-order valence-corrected chi connectivity index (χ2v) is 4.26. The Morgan fingerprint density at radius 3 is 2.33 bits per heavy atom. The Kier molecular flexibility index (Phi) is 5.37. The predicted octanol–water partition coefficient (Wildman–Crippen LogP) is 1.48. The van der Waals surface area contributed by atoms with Crippen molar-refractivity contribution in [3.8, 4) is 11.5 Å². The molecule has 5 heteroatoms. The SMILES string of the molecule is COc1cc(F)c(CCC(O)C(C)N)cc1OC. The largest absolute Gasteiger partial charge is 0.493 e. The van der Waals surface area contributed by atoms with Crippen molar-refractivity contribution in [1.29, 1.82) is 0 Å². The van der Waals surface area contributed by atoms with Gasteiger partial charge >= 0.3 is 0 Å². The van der Waals surface area contributed by atoms with Crippen LogP contribution in [0.1, 0.15) is 18.9 Å². The van der Waals surface area contributed by atoms with Gasteiger partial charge in [-0.15, -0.1) is 0 Å². The summed E-state index contributed by atoms with van der Waals surface area (Å²) in [4.78, 5) is 0. The van der Waals surface area contributed by atoms with Crippen LogP contribution in [-0.2, 0) is 6.42 Å². The summed E-state index contributed by atoms with van der Waals surface area (Å²) in [5, 5.41) is 9.60. The molecule has 0 amide bonds. The molecule has 4 nitrogen and oxygen atoms in total. The lowest BCUT2D eigenvalue weighted by Gasteiger charge is -2.15. The summed E-state index contributed by atoms with van der Waals surface area (Å²) in [6, 6.07) is 2.54. The lowest BCUT2D eigenvalue weighted by Crippen LogP contribution is -2.31. The van der Waals surface area contributed by atoms with E-state index in [9.17, 15) is 9.50 Å². The molecule has 1 rings (SSSR count). The van der Waals surface area contributed by atoms with Crippen LogP contribution < -0.4 is 15.2 Å². The summed E-state index contributed by atoms with van der Waals surface area (Å²) in [6.07, 6.45) is 0.163. The average Bonchev–Trinajstić information content (AvgIpc) is 2.36. The Morgan fingerprint density at radius 1 is 1.28 bits per heavy atom. The zero-order valence-corrected chi connectivity index (χ0v) is 10.9. The Bertz CT molecular complexity index is 396. The number of aliphatic hydroxyl groups excluding tert-OH is 1. The maximum absolute atomic E-state index is 13.8. The molecule has 0 saturated heterocycles. The molecule has 18 heavy (non-hydrogen) atoms. The van der Waals surface area contributed by atoms with E-state index in [1.165, 1.54) is 20.3 Å². The minimum Gasteiger partial charge on any atom is -0.493 e. The first-order chi connectivity index (χ1) is 8.49. The summed E-state index contributed by atoms with van der Waals surface area (Å²) in [5.41, 5.74) is 6.03. The first-order valence-electron chi connectivity index (χ1n) is 5.83. The van der Waals surface area contributed by atoms with Gasteiger partial charge in [-0.05, 0) is 31.4 Å². The number of nitrogens with two attached hydrogens (primary N) is 1. The van der Waals surface area contributed by atoms with Crippen LogP contribution in [0.2, 0.25) is 0 Å². The molecule has 3 N–H and O–H groups in total. The lowest BCUT2D eigenvalue weighted by atomic mass is 10.0. The van der Waals surface area contributed by atoms with E-state index >= 15 is 0 Å². The molecular formula is C13H20FNO3. The molecule has 0 aromatic heterocycles. The number of hydrogen-bond acceptors (Lipinski definition) is 4. The normalized spacial score (nSPS) is 14.1. The van der Waals surface area contributed by atoms with Crippen molar-refractivity contribution in [1.82, 2.24) is 0 Å². The van der Waals surface area contributed by atoms with Crippen LogP contribution in [0.25, 0.3) is 0 Å². The smallest absolute Gasteiger partial charge is 0.163 e. The zero-order valence-electron chi connectivity index (χ0n) is 10.9. The maximum atomic E-state index is 13.8. The zero-order chi connectivity index (χ0) is 13.7. The number of hydrogen-bond donors (Lipinski definition) is 2.